The van der Waals surface area contributed by atoms with Crippen molar-refractivity contribution >= 4 is 29.3 Å². The number of carbonyl (C=O) groups is 4. The fourth-order valence-electron chi connectivity index (χ4n) is 3.57. The number of hydrogen-bond acceptors (Lipinski definition) is 4. The highest BCUT2D eigenvalue weighted by molar-refractivity contribution is 6.11. The van der Waals surface area contributed by atoms with E-state index in [9.17, 15) is 19.2 Å². The SMILES string of the molecule is CCCC[C@@]1(C)NC(=O)N(CC(=O)c2ccc(N3CCCC3=O)cc2)C1=O. The molecule has 0 bridgehead atoms. The maximum atomic E-state index is 12.6. The molecule has 144 valence electrons. The first-order valence-corrected chi connectivity index (χ1v) is 9.43. The number of urea groups is 1. The number of unbranched alkanes of at least 4 members (excludes halogenated alkanes) is 1. The highest BCUT2D eigenvalue weighted by atomic mass is 16.2. The van der Waals surface area contributed by atoms with Gasteiger partial charge in [-0.3, -0.25) is 19.3 Å². The van der Waals surface area contributed by atoms with Crippen molar-refractivity contribution in [2.24, 2.45) is 0 Å². The van der Waals surface area contributed by atoms with Gasteiger partial charge in [-0.05, 0) is 44.0 Å². The molecular formula is C20H25N3O4. The van der Waals surface area contributed by atoms with Gasteiger partial charge in [-0.15, -0.1) is 0 Å². The molecule has 4 amide bonds. The second-order valence-corrected chi connectivity index (χ2v) is 7.38. The van der Waals surface area contributed by atoms with Crippen molar-refractivity contribution in [3.8, 4) is 0 Å². The molecule has 7 nitrogen and oxygen atoms in total. The third kappa shape index (κ3) is 3.72. The summed E-state index contributed by atoms with van der Waals surface area (Å²) in [6.07, 6.45) is 3.67. The Labute approximate surface area is 158 Å². The molecule has 0 spiro atoms. The number of benzene rings is 1. The molecule has 0 saturated carbocycles. The Kier molecular flexibility index (Phi) is 5.30. The van der Waals surface area contributed by atoms with Crippen molar-refractivity contribution in [2.75, 3.05) is 18.0 Å². The Morgan fingerprint density at radius 1 is 1.19 bits per heavy atom. The first-order valence-electron chi connectivity index (χ1n) is 9.43. The van der Waals surface area contributed by atoms with Crippen LogP contribution in [0.2, 0.25) is 0 Å². The number of nitrogens with one attached hydrogen (secondary N) is 1. The highest BCUT2D eigenvalue weighted by Crippen LogP contribution is 2.25. The molecule has 0 aromatic heterocycles. The van der Waals surface area contributed by atoms with Crippen LogP contribution in [0.25, 0.3) is 0 Å². The van der Waals surface area contributed by atoms with Crippen LogP contribution >= 0.6 is 0 Å². The van der Waals surface area contributed by atoms with E-state index in [0.29, 0.717) is 24.9 Å². The predicted octanol–water partition coefficient (Wildman–Crippen LogP) is 2.50. The van der Waals surface area contributed by atoms with E-state index in [1.807, 2.05) is 6.92 Å². The zero-order valence-electron chi connectivity index (χ0n) is 15.8. The number of anilines is 1. The number of Topliss-reactive ketones (excluding diaryl/α,β-unsaturated/α-hetero) is 1. The maximum Gasteiger partial charge on any atom is 0.325 e. The van der Waals surface area contributed by atoms with E-state index in [1.165, 1.54) is 0 Å². The standard InChI is InChI=1S/C20H25N3O4/c1-3-4-11-20(2)18(26)23(19(27)21-20)13-16(24)14-7-9-15(10-8-14)22-12-5-6-17(22)25/h7-10H,3-6,11-13H2,1-2H3,(H,21,27)/t20-/m1/s1. The van der Waals surface area contributed by atoms with E-state index in [4.69, 9.17) is 0 Å². The van der Waals surface area contributed by atoms with E-state index in [0.717, 1.165) is 29.8 Å². The van der Waals surface area contributed by atoms with Crippen LogP contribution in [0.1, 0.15) is 56.3 Å². The quantitative estimate of drug-likeness (QED) is 0.589. The summed E-state index contributed by atoms with van der Waals surface area (Å²) >= 11 is 0. The third-order valence-electron chi connectivity index (χ3n) is 5.25. The van der Waals surface area contributed by atoms with E-state index < -0.39 is 11.6 Å². The van der Waals surface area contributed by atoms with Crippen LogP contribution in [-0.2, 0) is 9.59 Å². The predicted molar refractivity (Wildman–Crippen MR) is 101 cm³/mol. The van der Waals surface area contributed by atoms with Gasteiger partial charge in [0, 0.05) is 24.2 Å². The average molecular weight is 371 g/mol. The topological polar surface area (TPSA) is 86.8 Å². The molecule has 27 heavy (non-hydrogen) atoms. The fourth-order valence-corrected chi connectivity index (χ4v) is 3.57. The molecule has 0 aliphatic carbocycles. The van der Waals surface area contributed by atoms with Crippen LogP contribution in [-0.4, -0.2) is 47.2 Å². The summed E-state index contributed by atoms with van der Waals surface area (Å²) in [4.78, 5) is 51.9. The molecule has 2 aliphatic rings. The van der Waals surface area contributed by atoms with Gasteiger partial charge in [-0.1, -0.05) is 19.8 Å². The van der Waals surface area contributed by atoms with Crippen molar-refractivity contribution in [3.05, 3.63) is 29.8 Å². The van der Waals surface area contributed by atoms with Gasteiger partial charge in [0.05, 0.1) is 6.54 Å². The van der Waals surface area contributed by atoms with Gasteiger partial charge < -0.3 is 10.2 Å². The highest BCUT2D eigenvalue weighted by Gasteiger charge is 2.47. The summed E-state index contributed by atoms with van der Waals surface area (Å²) in [5.41, 5.74) is 0.234. The van der Waals surface area contributed by atoms with Crippen LogP contribution in [0.5, 0.6) is 0 Å². The van der Waals surface area contributed by atoms with Gasteiger partial charge in [0.1, 0.15) is 5.54 Å². The number of nitrogens with zero attached hydrogens (tertiary/aromatic N) is 2. The second-order valence-electron chi connectivity index (χ2n) is 7.38. The maximum absolute atomic E-state index is 12.6. The van der Waals surface area contributed by atoms with Crippen LogP contribution in [0.4, 0.5) is 10.5 Å². The summed E-state index contributed by atoms with van der Waals surface area (Å²) in [6.45, 7) is 4.12. The molecule has 2 fully saturated rings. The Balaban J connectivity index is 1.67. The number of hydrogen-bond donors (Lipinski definition) is 1. The Morgan fingerprint density at radius 2 is 1.89 bits per heavy atom. The number of imide groups is 1. The molecule has 0 radical (unpaired) electrons. The van der Waals surface area contributed by atoms with Crippen molar-refractivity contribution < 1.29 is 19.2 Å². The molecule has 3 rings (SSSR count). The smallest absolute Gasteiger partial charge is 0.323 e. The average Bonchev–Trinajstić information content (AvgIpc) is 3.17. The molecule has 2 heterocycles. The van der Waals surface area contributed by atoms with E-state index in [2.05, 4.69) is 5.32 Å². The minimum absolute atomic E-state index is 0.0831. The normalized spacial score (nSPS) is 22.5. The molecule has 2 aliphatic heterocycles. The van der Waals surface area contributed by atoms with Gasteiger partial charge >= 0.3 is 6.03 Å². The minimum Gasteiger partial charge on any atom is -0.323 e. The van der Waals surface area contributed by atoms with Gasteiger partial charge in [0.25, 0.3) is 5.91 Å². The molecule has 1 atom stereocenters. The number of rotatable bonds is 7. The van der Waals surface area contributed by atoms with Gasteiger partial charge in [0.15, 0.2) is 5.78 Å². The van der Waals surface area contributed by atoms with E-state index in [1.54, 1.807) is 36.1 Å². The van der Waals surface area contributed by atoms with Crippen LogP contribution in [0, 0.1) is 0 Å². The molecule has 1 N–H and O–H groups in total. The lowest BCUT2D eigenvalue weighted by Crippen LogP contribution is -2.44. The zero-order chi connectivity index (χ0) is 19.6. The van der Waals surface area contributed by atoms with Crippen molar-refractivity contribution in [3.63, 3.8) is 0 Å². The summed E-state index contributed by atoms with van der Waals surface area (Å²) in [6, 6.07) is 6.21. The first kappa shape index (κ1) is 19.1. The summed E-state index contributed by atoms with van der Waals surface area (Å²) in [7, 11) is 0. The molecule has 1 aromatic carbocycles. The number of amides is 4. The monoisotopic (exact) mass is 371 g/mol. The summed E-state index contributed by atoms with van der Waals surface area (Å²) in [5, 5.41) is 2.71. The molecule has 7 heteroatoms. The van der Waals surface area contributed by atoms with Crippen molar-refractivity contribution in [1.29, 1.82) is 0 Å². The fraction of sp³-hybridized carbons (Fsp3) is 0.500. The molecule has 1 aromatic rings. The lowest BCUT2D eigenvalue weighted by molar-refractivity contribution is -0.130. The number of carbonyl (C=O) groups excluding carboxylic acids is 4. The van der Waals surface area contributed by atoms with Gasteiger partial charge in [-0.2, -0.15) is 0 Å². The van der Waals surface area contributed by atoms with E-state index >= 15 is 0 Å². The Morgan fingerprint density at radius 3 is 2.48 bits per heavy atom. The largest absolute Gasteiger partial charge is 0.325 e. The zero-order valence-corrected chi connectivity index (χ0v) is 15.8. The molecule has 2 saturated heterocycles. The van der Waals surface area contributed by atoms with Crippen LogP contribution in [0.3, 0.4) is 0 Å². The lowest BCUT2D eigenvalue weighted by Gasteiger charge is -2.21. The van der Waals surface area contributed by atoms with Gasteiger partial charge in [0.2, 0.25) is 5.91 Å². The third-order valence-corrected chi connectivity index (χ3v) is 5.25. The van der Waals surface area contributed by atoms with Crippen LogP contribution < -0.4 is 10.2 Å². The molecule has 0 unspecified atom stereocenters. The summed E-state index contributed by atoms with van der Waals surface area (Å²) < 4.78 is 0. The number of ketones is 1. The Bertz CT molecular complexity index is 774. The van der Waals surface area contributed by atoms with Crippen LogP contribution in [0.15, 0.2) is 24.3 Å². The Hall–Kier alpha value is -2.70. The van der Waals surface area contributed by atoms with Crippen molar-refractivity contribution in [2.45, 2.75) is 51.5 Å². The minimum atomic E-state index is -0.937. The lowest BCUT2D eigenvalue weighted by atomic mass is 9.95. The van der Waals surface area contributed by atoms with Gasteiger partial charge in [-0.25, -0.2) is 4.79 Å². The first-order chi connectivity index (χ1) is 12.9. The second kappa shape index (κ2) is 7.50. The summed E-state index contributed by atoms with van der Waals surface area (Å²) in [5.74, 6) is -0.578. The molecular weight excluding hydrogens is 346 g/mol. The van der Waals surface area contributed by atoms with Crippen molar-refractivity contribution in [1.82, 2.24) is 10.2 Å². The van der Waals surface area contributed by atoms with E-state index in [-0.39, 0.29) is 24.1 Å².